The van der Waals surface area contributed by atoms with Gasteiger partial charge in [0.05, 0.1) is 5.69 Å². The van der Waals surface area contributed by atoms with E-state index in [1.807, 2.05) is 53.3 Å². The van der Waals surface area contributed by atoms with Gasteiger partial charge >= 0.3 is 0 Å². The topological polar surface area (TPSA) is 46.9 Å². The first-order valence-electron chi connectivity index (χ1n) is 8.33. The molecule has 5 heteroatoms. The molecule has 25 heavy (non-hydrogen) atoms. The highest BCUT2D eigenvalue weighted by Crippen LogP contribution is 2.48. The third kappa shape index (κ3) is 3.51. The van der Waals surface area contributed by atoms with Gasteiger partial charge in [-0.25, -0.2) is 4.68 Å². The zero-order chi connectivity index (χ0) is 17.2. The quantitative estimate of drug-likeness (QED) is 0.707. The molecule has 1 heterocycles. The molecule has 0 aliphatic heterocycles. The number of nitrogens with zero attached hydrogens (tertiary/aromatic N) is 2. The van der Waals surface area contributed by atoms with Gasteiger partial charge in [0, 0.05) is 29.3 Å². The van der Waals surface area contributed by atoms with Gasteiger partial charge in [-0.1, -0.05) is 46.3 Å². The Morgan fingerprint density at radius 1 is 1.20 bits per heavy atom. The van der Waals surface area contributed by atoms with Crippen LogP contribution in [-0.2, 0) is 11.3 Å². The van der Waals surface area contributed by atoms with Crippen LogP contribution < -0.4 is 5.32 Å². The van der Waals surface area contributed by atoms with Gasteiger partial charge in [0.25, 0.3) is 0 Å². The lowest BCUT2D eigenvalue weighted by Gasteiger charge is -2.11. The molecule has 3 aromatic rings. The molecule has 126 valence electrons. The summed E-state index contributed by atoms with van der Waals surface area (Å²) < 4.78 is 2.88. The molecule has 1 aromatic heterocycles. The fraction of sp³-hybridized carbons (Fsp3) is 0.200. The molecule has 0 spiro atoms. The Morgan fingerprint density at radius 2 is 2.08 bits per heavy atom. The maximum Gasteiger partial charge on any atom is 0.224 e. The highest BCUT2D eigenvalue weighted by atomic mass is 79.9. The summed E-state index contributed by atoms with van der Waals surface area (Å²) in [6.07, 6.45) is 4.58. The molecule has 0 saturated heterocycles. The summed E-state index contributed by atoms with van der Waals surface area (Å²) in [4.78, 5) is 12.5. The number of amides is 1. The first-order valence-corrected chi connectivity index (χ1v) is 9.13. The van der Waals surface area contributed by atoms with E-state index in [4.69, 9.17) is 0 Å². The average molecular weight is 396 g/mol. The van der Waals surface area contributed by atoms with Gasteiger partial charge in [0.2, 0.25) is 5.91 Å². The fourth-order valence-electron chi connectivity index (χ4n) is 3.20. The largest absolute Gasteiger partial charge is 0.352 e. The standard InChI is InChI=1S/C20H18BrN3O/c21-16-7-3-6-14(11-16)17-12-18(17)20(25)22-13-15-5-1-2-8-19(15)24-10-4-9-23-24/h1-11,17-18H,12-13H2,(H,22,25). The number of hydrogen-bond acceptors (Lipinski definition) is 2. The lowest BCUT2D eigenvalue weighted by molar-refractivity contribution is -0.122. The molecule has 0 bridgehead atoms. The predicted molar refractivity (Wildman–Crippen MR) is 100 cm³/mol. The molecule has 1 N–H and O–H groups in total. The summed E-state index contributed by atoms with van der Waals surface area (Å²) in [5.41, 5.74) is 3.28. The van der Waals surface area contributed by atoms with Crippen LogP contribution in [0.15, 0.2) is 71.5 Å². The van der Waals surface area contributed by atoms with Crippen molar-refractivity contribution in [3.8, 4) is 5.69 Å². The Labute approximate surface area is 155 Å². The second kappa shape index (κ2) is 6.84. The number of halogens is 1. The number of para-hydroxylation sites is 1. The molecule has 1 saturated carbocycles. The normalized spacial score (nSPS) is 18.8. The number of rotatable bonds is 5. The third-order valence-electron chi connectivity index (χ3n) is 4.60. The predicted octanol–water partition coefficient (Wildman–Crippen LogP) is 4.05. The van der Waals surface area contributed by atoms with E-state index in [1.54, 1.807) is 6.20 Å². The zero-order valence-electron chi connectivity index (χ0n) is 13.6. The second-order valence-corrected chi connectivity index (χ2v) is 7.22. The summed E-state index contributed by atoms with van der Waals surface area (Å²) >= 11 is 3.49. The molecule has 1 aliphatic rings. The number of carbonyl (C=O) groups excluding carboxylic acids is 1. The van der Waals surface area contributed by atoms with Gasteiger partial charge in [-0.2, -0.15) is 5.10 Å². The van der Waals surface area contributed by atoms with Crippen molar-refractivity contribution in [1.29, 1.82) is 0 Å². The molecule has 2 unspecified atom stereocenters. The van der Waals surface area contributed by atoms with Crippen molar-refractivity contribution in [2.75, 3.05) is 0 Å². The molecule has 2 atom stereocenters. The lowest BCUT2D eigenvalue weighted by atomic mass is 10.1. The van der Waals surface area contributed by atoms with Crippen molar-refractivity contribution < 1.29 is 4.79 Å². The van der Waals surface area contributed by atoms with Crippen LogP contribution in [0.5, 0.6) is 0 Å². The number of aromatic nitrogens is 2. The summed E-state index contributed by atoms with van der Waals surface area (Å²) in [5.74, 6) is 0.533. The van der Waals surface area contributed by atoms with Crippen LogP contribution in [0.3, 0.4) is 0 Å². The molecular formula is C20H18BrN3O. The molecule has 2 aromatic carbocycles. The van der Waals surface area contributed by atoms with Crippen molar-refractivity contribution in [1.82, 2.24) is 15.1 Å². The van der Waals surface area contributed by atoms with E-state index in [9.17, 15) is 4.79 Å². The smallest absolute Gasteiger partial charge is 0.224 e. The molecule has 4 rings (SSSR count). The molecule has 1 amide bonds. The minimum atomic E-state index is 0.0752. The third-order valence-corrected chi connectivity index (χ3v) is 5.09. The van der Waals surface area contributed by atoms with Gasteiger partial charge in [-0.3, -0.25) is 4.79 Å². The molecule has 1 aliphatic carbocycles. The number of nitrogens with one attached hydrogen (secondary N) is 1. The van der Waals surface area contributed by atoms with Crippen molar-refractivity contribution >= 4 is 21.8 Å². The minimum absolute atomic E-state index is 0.0752. The Morgan fingerprint density at radius 3 is 2.88 bits per heavy atom. The van der Waals surface area contributed by atoms with Crippen LogP contribution in [0.4, 0.5) is 0 Å². The van der Waals surface area contributed by atoms with E-state index in [-0.39, 0.29) is 11.8 Å². The Balaban J connectivity index is 1.41. The van der Waals surface area contributed by atoms with Crippen LogP contribution in [0, 0.1) is 5.92 Å². The second-order valence-electron chi connectivity index (χ2n) is 6.30. The highest BCUT2D eigenvalue weighted by molar-refractivity contribution is 9.10. The average Bonchev–Trinajstić information content (AvgIpc) is 3.25. The number of hydrogen-bond donors (Lipinski definition) is 1. The van der Waals surface area contributed by atoms with Crippen molar-refractivity contribution in [3.05, 3.63) is 82.6 Å². The number of benzene rings is 2. The first-order chi connectivity index (χ1) is 12.2. The summed E-state index contributed by atoms with van der Waals surface area (Å²) in [7, 11) is 0. The van der Waals surface area contributed by atoms with E-state index in [2.05, 4.69) is 38.5 Å². The van der Waals surface area contributed by atoms with Crippen LogP contribution in [0.1, 0.15) is 23.5 Å². The van der Waals surface area contributed by atoms with Gasteiger partial charge in [0.15, 0.2) is 0 Å². The van der Waals surface area contributed by atoms with Crippen molar-refractivity contribution in [3.63, 3.8) is 0 Å². The highest BCUT2D eigenvalue weighted by Gasteiger charge is 2.43. The van der Waals surface area contributed by atoms with Gasteiger partial charge < -0.3 is 5.32 Å². The van der Waals surface area contributed by atoms with E-state index in [1.165, 1.54) is 5.56 Å². The van der Waals surface area contributed by atoms with E-state index in [0.717, 1.165) is 22.1 Å². The summed E-state index contributed by atoms with van der Waals surface area (Å²) in [5, 5.41) is 7.37. The molecule has 1 fully saturated rings. The molecular weight excluding hydrogens is 378 g/mol. The maximum atomic E-state index is 12.5. The maximum absolute atomic E-state index is 12.5. The van der Waals surface area contributed by atoms with E-state index < -0.39 is 0 Å². The van der Waals surface area contributed by atoms with Crippen LogP contribution >= 0.6 is 15.9 Å². The fourth-order valence-corrected chi connectivity index (χ4v) is 3.62. The molecule has 0 radical (unpaired) electrons. The Hall–Kier alpha value is -2.40. The Kier molecular flexibility index (Phi) is 4.40. The minimum Gasteiger partial charge on any atom is -0.352 e. The van der Waals surface area contributed by atoms with Crippen LogP contribution in [0.2, 0.25) is 0 Å². The SMILES string of the molecule is O=C(NCc1ccccc1-n1cccn1)C1CC1c1cccc(Br)c1. The van der Waals surface area contributed by atoms with Crippen molar-refractivity contribution in [2.24, 2.45) is 5.92 Å². The van der Waals surface area contributed by atoms with Gasteiger partial charge in [-0.05, 0) is 47.7 Å². The van der Waals surface area contributed by atoms with Gasteiger partial charge in [0.1, 0.15) is 0 Å². The monoisotopic (exact) mass is 395 g/mol. The molecule has 4 nitrogen and oxygen atoms in total. The number of carbonyl (C=O) groups is 1. The Bertz CT molecular complexity index is 891. The van der Waals surface area contributed by atoms with Crippen molar-refractivity contribution in [2.45, 2.75) is 18.9 Å². The summed E-state index contributed by atoms with van der Waals surface area (Å²) in [6.45, 7) is 0.510. The van der Waals surface area contributed by atoms with Crippen LogP contribution in [-0.4, -0.2) is 15.7 Å². The first kappa shape index (κ1) is 16.1. The summed E-state index contributed by atoms with van der Waals surface area (Å²) in [6, 6.07) is 18.1. The van der Waals surface area contributed by atoms with E-state index >= 15 is 0 Å². The lowest BCUT2D eigenvalue weighted by Crippen LogP contribution is -2.25. The zero-order valence-corrected chi connectivity index (χ0v) is 15.2. The van der Waals surface area contributed by atoms with Crippen LogP contribution in [0.25, 0.3) is 5.69 Å². The van der Waals surface area contributed by atoms with Gasteiger partial charge in [-0.15, -0.1) is 0 Å². The van der Waals surface area contributed by atoms with E-state index in [0.29, 0.717) is 12.5 Å².